The van der Waals surface area contributed by atoms with Crippen LogP contribution in [-0.4, -0.2) is 11.1 Å². The zero-order valence-electron chi connectivity index (χ0n) is 14.6. The summed E-state index contributed by atoms with van der Waals surface area (Å²) in [4.78, 5) is 12.6. The molecule has 0 aliphatic heterocycles. The van der Waals surface area contributed by atoms with Crippen LogP contribution in [0.3, 0.4) is 0 Å². The molecule has 1 heterocycles. The molecule has 2 aromatic carbocycles. The van der Waals surface area contributed by atoms with Crippen LogP contribution >= 0.6 is 11.6 Å². The highest BCUT2D eigenvalue weighted by atomic mass is 35.5. The van der Waals surface area contributed by atoms with Crippen molar-refractivity contribution in [2.45, 2.75) is 26.9 Å². The second kappa shape index (κ2) is 8.06. The predicted octanol–water partition coefficient (Wildman–Crippen LogP) is 5.03. The number of hydrogen-bond donors (Lipinski definition) is 1. The van der Waals surface area contributed by atoms with E-state index in [9.17, 15) is 4.79 Å². The molecule has 3 rings (SSSR count). The van der Waals surface area contributed by atoms with Crippen molar-refractivity contribution in [2.75, 3.05) is 5.32 Å². The Labute approximate surface area is 156 Å². The van der Waals surface area contributed by atoms with E-state index in [4.69, 9.17) is 20.9 Å². The third-order valence-corrected chi connectivity index (χ3v) is 4.23. The molecule has 3 aromatic rings. The number of anilines is 1. The number of halogens is 1. The van der Waals surface area contributed by atoms with E-state index >= 15 is 0 Å². The fourth-order valence-corrected chi connectivity index (χ4v) is 2.65. The number of aryl methyl sites for hydroxylation is 2. The van der Waals surface area contributed by atoms with E-state index in [1.807, 2.05) is 24.3 Å². The Kier molecular flexibility index (Phi) is 5.58. The maximum Gasteiger partial charge on any atom is 0.278 e. The van der Waals surface area contributed by atoms with Gasteiger partial charge in [0.1, 0.15) is 18.1 Å². The third-order valence-electron chi connectivity index (χ3n) is 4.00. The van der Waals surface area contributed by atoms with E-state index in [1.54, 1.807) is 31.2 Å². The average Bonchev–Trinajstić information content (AvgIpc) is 3.01. The van der Waals surface area contributed by atoms with E-state index in [-0.39, 0.29) is 18.2 Å². The second-order valence-electron chi connectivity index (χ2n) is 5.82. The summed E-state index contributed by atoms with van der Waals surface area (Å²) in [6.07, 6.45) is 0.946. The highest BCUT2D eigenvalue weighted by Crippen LogP contribution is 2.21. The van der Waals surface area contributed by atoms with Gasteiger partial charge in [0.15, 0.2) is 5.69 Å². The number of hydrogen-bond acceptors (Lipinski definition) is 4. The number of aromatic nitrogens is 1. The molecule has 1 amide bonds. The molecule has 0 aliphatic carbocycles. The van der Waals surface area contributed by atoms with Gasteiger partial charge in [0, 0.05) is 10.7 Å². The average molecular weight is 371 g/mol. The van der Waals surface area contributed by atoms with Crippen molar-refractivity contribution < 1.29 is 14.1 Å². The Hall–Kier alpha value is -2.79. The van der Waals surface area contributed by atoms with Crippen LogP contribution in [0.25, 0.3) is 0 Å². The van der Waals surface area contributed by atoms with Gasteiger partial charge in [-0.25, -0.2) is 0 Å². The molecule has 0 aliphatic rings. The van der Waals surface area contributed by atoms with Gasteiger partial charge in [-0.05, 0) is 49.2 Å². The fraction of sp³-hybridized carbons (Fsp3) is 0.200. The van der Waals surface area contributed by atoms with Gasteiger partial charge in [-0.1, -0.05) is 41.9 Å². The molecule has 0 spiro atoms. The molecule has 0 saturated heterocycles. The third kappa shape index (κ3) is 4.24. The molecule has 0 unspecified atom stereocenters. The lowest BCUT2D eigenvalue weighted by Crippen LogP contribution is -2.15. The number of rotatable bonds is 6. The first kappa shape index (κ1) is 18.0. The summed E-state index contributed by atoms with van der Waals surface area (Å²) in [6, 6.07) is 14.8. The lowest BCUT2D eigenvalue weighted by atomic mass is 10.1. The van der Waals surface area contributed by atoms with Crippen molar-refractivity contribution in [3.8, 4) is 5.75 Å². The summed E-state index contributed by atoms with van der Waals surface area (Å²) in [5, 5.41) is 7.30. The quantitative estimate of drug-likeness (QED) is 0.660. The van der Waals surface area contributed by atoms with Crippen molar-refractivity contribution >= 4 is 23.2 Å². The van der Waals surface area contributed by atoms with E-state index in [2.05, 4.69) is 17.4 Å². The van der Waals surface area contributed by atoms with E-state index in [1.165, 1.54) is 5.56 Å². The smallest absolute Gasteiger partial charge is 0.278 e. The number of nitrogens with zero attached hydrogens (tertiary/aromatic N) is 1. The molecule has 134 valence electrons. The minimum Gasteiger partial charge on any atom is -0.489 e. The molecule has 0 saturated carbocycles. The van der Waals surface area contributed by atoms with Gasteiger partial charge in [0.25, 0.3) is 5.91 Å². The Morgan fingerprint density at radius 1 is 1.23 bits per heavy atom. The van der Waals surface area contributed by atoms with Crippen molar-refractivity contribution in [3.63, 3.8) is 0 Å². The second-order valence-corrected chi connectivity index (χ2v) is 6.25. The Balaban J connectivity index is 1.72. The molecule has 0 bridgehead atoms. The van der Waals surface area contributed by atoms with Gasteiger partial charge in [-0.15, -0.1) is 0 Å². The summed E-state index contributed by atoms with van der Waals surface area (Å²) >= 11 is 5.96. The Morgan fingerprint density at radius 3 is 2.69 bits per heavy atom. The highest BCUT2D eigenvalue weighted by Gasteiger charge is 2.20. The molecule has 6 heteroatoms. The van der Waals surface area contributed by atoms with Gasteiger partial charge in [0.05, 0.1) is 5.56 Å². The van der Waals surface area contributed by atoms with E-state index < -0.39 is 0 Å². The van der Waals surface area contributed by atoms with E-state index in [0.29, 0.717) is 27.8 Å². The van der Waals surface area contributed by atoms with Crippen molar-refractivity contribution in [1.29, 1.82) is 0 Å². The van der Waals surface area contributed by atoms with Gasteiger partial charge < -0.3 is 14.6 Å². The number of benzene rings is 2. The largest absolute Gasteiger partial charge is 0.489 e. The molecular weight excluding hydrogens is 352 g/mol. The molecular formula is C20H19ClN2O3. The number of carbonyl (C=O) groups excluding carboxylic acids is 1. The normalized spacial score (nSPS) is 10.6. The van der Waals surface area contributed by atoms with Crippen molar-refractivity contribution in [3.05, 3.63) is 76.1 Å². The SMILES string of the molecule is CCc1ccc(NC(=O)c2noc(C)c2COc2cccc(Cl)c2)cc1. The van der Waals surface area contributed by atoms with Crippen LogP contribution < -0.4 is 10.1 Å². The molecule has 26 heavy (non-hydrogen) atoms. The lowest BCUT2D eigenvalue weighted by Gasteiger charge is -2.08. The standard InChI is InChI=1S/C20H19ClN2O3/c1-3-14-7-9-16(10-8-14)22-20(24)19-18(13(2)26-23-19)12-25-17-6-4-5-15(21)11-17/h4-11H,3,12H2,1-2H3,(H,22,24). The molecule has 0 fully saturated rings. The van der Waals surface area contributed by atoms with Crippen LogP contribution in [0.2, 0.25) is 5.02 Å². The highest BCUT2D eigenvalue weighted by molar-refractivity contribution is 6.30. The first-order valence-corrected chi connectivity index (χ1v) is 8.68. The summed E-state index contributed by atoms with van der Waals surface area (Å²) in [7, 11) is 0. The summed E-state index contributed by atoms with van der Waals surface area (Å²) in [5.41, 5.74) is 2.72. The minimum atomic E-state index is -0.337. The zero-order valence-corrected chi connectivity index (χ0v) is 15.3. The predicted molar refractivity (Wildman–Crippen MR) is 101 cm³/mol. The van der Waals surface area contributed by atoms with Crippen LogP contribution in [-0.2, 0) is 13.0 Å². The maximum absolute atomic E-state index is 12.6. The maximum atomic E-state index is 12.6. The number of amides is 1. The van der Waals surface area contributed by atoms with Gasteiger partial charge in [-0.2, -0.15) is 0 Å². The van der Waals surface area contributed by atoms with Gasteiger partial charge in [-0.3, -0.25) is 4.79 Å². The topological polar surface area (TPSA) is 64.4 Å². The number of nitrogens with one attached hydrogen (secondary N) is 1. The minimum absolute atomic E-state index is 0.160. The number of ether oxygens (including phenoxy) is 1. The van der Waals surface area contributed by atoms with Crippen LogP contribution in [0.15, 0.2) is 53.1 Å². The van der Waals surface area contributed by atoms with Gasteiger partial charge in [0.2, 0.25) is 0 Å². The van der Waals surface area contributed by atoms with Crippen molar-refractivity contribution in [1.82, 2.24) is 5.16 Å². The van der Waals surface area contributed by atoms with Gasteiger partial charge >= 0.3 is 0 Å². The van der Waals surface area contributed by atoms with Crippen LogP contribution in [0, 0.1) is 6.92 Å². The van der Waals surface area contributed by atoms with Crippen LogP contribution in [0.5, 0.6) is 5.75 Å². The van der Waals surface area contributed by atoms with Crippen molar-refractivity contribution in [2.24, 2.45) is 0 Å². The molecule has 0 radical (unpaired) electrons. The summed E-state index contributed by atoms with van der Waals surface area (Å²) < 4.78 is 10.9. The zero-order chi connectivity index (χ0) is 18.5. The molecule has 0 atom stereocenters. The lowest BCUT2D eigenvalue weighted by molar-refractivity contribution is 0.101. The van der Waals surface area contributed by atoms with E-state index in [0.717, 1.165) is 6.42 Å². The molecule has 5 nitrogen and oxygen atoms in total. The molecule has 1 aromatic heterocycles. The Morgan fingerprint density at radius 2 is 2.00 bits per heavy atom. The monoisotopic (exact) mass is 370 g/mol. The first-order chi connectivity index (χ1) is 12.6. The van der Waals surface area contributed by atoms with Crippen LogP contribution in [0.1, 0.15) is 34.3 Å². The molecule has 1 N–H and O–H groups in total. The number of carbonyl (C=O) groups is 1. The Bertz CT molecular complexity index is 904. The van der Waals surface area contributed by atoms with Crippen LogP contribution in [0.4, 0.5) is 5.69 Å². The summed E-state index contributed by atoms with van der Waals surface area (Å²) in [5.74, 6) is 0.814. The summed E-state index contributed by atoms with van der Waals surface area (Å²) in [6.45, 7) is 3.99. The fourth-order valence-electron chi connectivity index (χ4n) is 2.47. The first-order valence-electron chi connectivity index (χ1n) is 8.30.